The third-order valence-electron chi connectivity index (χ3n) is 3.09. The van der Waals surface area contributed by atoms with Crippen LogP contribution in [0.5, 0.6) is 0 Å². The van der Waals surface area contributed by atoms with Crippen LogP contribution in [0, 0.1) is 6.92 Å². The Hall–Kier alpha value is -1.03. The molecule has 0 radical (unpaired) electrons. The first-order valence-electron chi connectivity index (χ1n) is 6.09. The molecule has 0 aliphatic carbocycles. The van der Waals surface area contributed by atoms with Crippen molar-refractivity contribution in [2.24, 2.45) is 0 Å². The maximum atomic E-state index is 6.04. The van der Waals surface area contributed by atoms with Gasteiger partial charge in [0.1, 0.15) is 5.82 Å². The Morgan fingerprint density at radius 2 is 2.00 bits per heavy atom. The molecule has 0 saturated heterocycles. The van der Waals surface area contributed by atoms with Crippen molar-refractivity contribution < 1.29 is 0 Å². The van der Waals surface area contributed by atoms with Crippen LogP contribution in [0.25, 0.3) is 16.7 Å². The molecule has 0 aliphatic rings. The summed E-state index contributed by atoms with van der Waals surface area (Å²) in [7, 11) is 0. The molecule has 0 spiro atoms. The Morgan fingerprint density at radius 3 is 2.70 bits per heavy atom. The van der Waals surface area contributed by atoms with Gasteiger partial charge in [-0.3, -0.25) is 4.57 Å². The molecule has 1 aromatic heterocycles. The van der Waals surface area contributed by atoms with Crippen LogP contribution in [0.15, 0.2) is 40.9 Å². The topological polar surface area (TPSA) is 17.8 Å². The van der Waals surface area contributed by atoms with E-state index in [2.05, 4.69) is 50.6 Å². The van der Waals surface area contributed by atoms with Crippen LogP contribution in [-0.2, 0) is 5.88 Å². The molecular weight excluding hydrogens is 359 g/mol. The van der Waals surface area contributed by atoms with Gasteiger partial charge >= 0.3 is 0 Å². The fraction of sp³-hybridized carbons (Fsp3) is 0.133. The molecule has 0 N–H and O–H groups in total. The second-order valence-corrected chi connectivity index (χ2v) is 6.24. The van der Waals surface area contributed by atoms with Gasteiger partial charge in [-0.25, -0.2) is 4.98 Å². The summed E-state index contributed by atoms with van der Waals surface area (Å²) in [5.74, 6) is 1.15. The molecule has 3 aromatic rings. The molecule has 2 aromatic carbocycles. The lowest BCUT2D eigenvalue weighted by molar-refractivity contribution is 0.979. The van der Waals surface area contributed by atoms with Gasteiger partial charge in [0.25, 0.3) is 0 Å². The van der Waals surface area contributed by atoms with E-state index in [9.17, 15) is 0 Å². The van der Waals surface area contributed by atoms with Crippen LogP contribution in [-0.4, -0.2) is 9.55 Å². The predicted molar refractivity (Wildman–Crippen MR) is 88.1 cm³/mol. The first-order valence-corrected chi connectivity index (χ1v) is 7.79. The minimum atomic E-state index is 0.345. The summed E-state index contributed by atoms with van der Waals surface area (Å²) < 4.78 is 3.10. The first kappa shape index (κ1) is 13.9. The SMILES string of the molecule is Cc1cc(Br)cc(-n2c(CCl)nc3cc(Cl)ccc32)c1. The van der Waals surface area contributed by atoms with Crippen LogP contribution in [0.3, 0.4) is 0 Å². The van der Waals surface area contributed by atoms with Gasteiger partial charge in [-0.1, -0.05) is 27.5 Å². The van der Waals surface area contributed by atoms with Crippen LogP contribution in [0.4, 0.5) is 0 Å². The van der Waals surface area contributed by atoms with Gasteiger partial charge in [0.05, 0.1) is 16.9 Å². The molecule has 0 amide bonds. The zero-order valence-electron chi connectivity index (χ0n) is 10.7. The van der Waals surface area contributed by atoms with Crippen LogP contribution >= 0.6 is 39.1 Å². The van der Waals surface area contributed by atoms with Crippen molar-refractivity contribution in [2.75, 3.05) is 0 Å². The van der Waals surface area contributed by atoms with E-state index in [1.807, 2.05) is 18.2 Å². The third kappa shape index (κ3) is 2.46. The lowest BCUT2D eigenvalue weighted by Gasteiger charge is -2.09. The number of aromatic nitrogens is 2. The number of nitrogens with zero attached hydrogens (tertiary/aromatic N) is 2. The molecule has 0 bridgehead atoms. The molecule has 2 nitrogen and oxygen atoms in total. The van der Waals surface area contributed by atoms with Gasteiger partial charge in [0.15, 0.2) is 0 Å². The molecule has 0 aliphatic heterocycles. The van der Waals surface area contributed by atoms with Gasteiger partial charge in [0.2, 0.25) is 0 Å². The van der Waals surface area contributed by atoms with E-state index in [-0.39, 0.29) is 0 Å². The van der Waals surface area contributed by atoms with Crippen LogP contribution < -0.4 is 0 Å². The van der Waals surface area contributed by atoms with Crippen molar-refractivity contribution in [3.8, 4) is 5.69 Å². The summed E-state index contributed by atoms with van der Waals surface area (Å²) in [5.41, 5.74) is 4.07. The average molecular weight is 370 g/mol. The molecule has 0 unspecified atom stereocenters. The molecule has 3 rings (SSSR count). The van der Waals surface area contributed by atoms with Crippen molar-refractivity contribution in [1.82, 2.24) is 9.55 Å². The molecule has 0 fully saturated rings. The number of fused-ring (bicyclic) bond motifs is 1. The number of alkyl halides is 1. The highest BCUT2D eigenvalue weighted by Crippen LogP contribution is 2.27. The molecule has 0 atom stereocenters. The lowest BCUT2D eigenvalue weighted by atomic mass is 10.2. The Kier molecular flexibility index (Phi) is 3.76. The molecule has 20 heavy (non-hydrogen) atoms. The van der Waals surface area contributed by atoms with Crippen LogP contribution in [0.1, 0.15) is 11.4 Å². The molecule has 0 saturated carbocycles. The van der Waals surface area contributed by atoms with E-state index in [1.54, 1.807) is 0 Å². The van der Waals surface area contributed by atoms with Gasteiger partial charge in [0, 0.05) is 15.2 Å². The van der Waals surface area contributed by atoms with Crippen molar-refractivity contribution in [2.45, 2.75) is 12.8 Å². The normalized spacial score (nSPS) is 11.2. The van der Waals surface area contributed by atoms with E-state index in [1.165, 1.54) is 5.56 Å². The van der Waals surface area contributed by atoms with E-state index >= 15 is 0 Å². The van der Waals surface area contributed by atoms with E-state index in [0.717, 1.165) is 27.0 Å². The second kappa shape index (κ2) is 5.40. The van der Waals surface area contributed by atoms with E-state index in [4.69, 9.17) is 23.2 Å². The zero-order valence-corrected chi connectivity index (χ0v) is 13.8. The highest BCUT2D eigenvalue weighted by Gasteiger charge is 2.12. The average Bonchev–Trinajstić information content (AvgIpc) is 2.74. The fourth-order valence-corrected chi connectivity index (χ4v) is 3.27. The number of rotatable bonds is 2. The van der Waals surface area contributed by atoms with Crippen LogP contribution in [0.2, 0.25) is 5.02 Å². The van der Waals surface area contributed by atoms with E-state index < -0.39 is 0 Å². The summed E-state index contributed by atoms with van der Waals surface area (Å²) in [5, 5.41) is 0.675. The summed E-state index contributed by atoms with van der Waals surface area (Å²) in [6, 6.07) is 11.9. The van der Waals surface area contributed by atoms with Crippen molar-refractivity contribution in [1.29, 1.82) is 0 Å². The summed E-state index contributed by atoms with van der Waals surface area (Å²) in [4.78, 5) is 4.56. The molecule has 1 heterocycles. The number of imidazole rings is 1. The van der Waals surface area contributed by atoms with Gasteiger partial charge in [-0.05, 0) is 48.9 Å². The standard InChI is InChI=1S/C15H11BrCl2N2/c1-9-4-10(16)6-12(5-9)20-14-3-2-11(18)7-13(14)19-15(20)8-17/h2-7H,8H2,1H3. The lowest BCUT2D eigenvalue weighted by Crippen LogP contribution is -1.99. The largest absolute Gasteiger partial charge is 0.295 e. The zero-order chi connectivity index (χ0) is 14.3. The second-order valence-electron chi connectivity index (χ2n) is 4.62. The Morgan fingerprint density at radius 1 is 1.20 bits per heavy atom. The van der Waals surface area contributed by atoms with Gasteiger partial charge in [-0.15, -0.1) is 11.6 Å². The van der Waals surface area contributed by atoms with Gasteiger partial charge in [-0.2, -0.15) is 0 Å². The minimum Gasteiger partial charge on any atom is -0.295 e. The summed E-state index contributed by atoms with van der Waals surface area (Å²) in [6.45, 7) is 2.06. The highest BCUT2D eigenvalue weighted by molar-refractivity contribution is 9.10. The van der Waals surface area contributed by atoms with Crippen molar-refractivity contribution in [3.63, 3.8) is 0 Å². The number of hydrogen-bond donors (Lipinski definition) is 0. The highest BCUT2D eigenvalue weighted by atomic mass is 79.9. The maximum Gasteiger partial charge on any atom is 0.129 e. The molecule has 5 heteroatoms. The Labute approximate surface area is 135 Å². The molecule has 102 valence electrons. The first-order chi connectivity index (χ1) is 9.58. The monoisotopic (exact) mass is 368 g/mol. The number of benzene rings is 2. The fourth-order valence-electron chi connectivity index (χ4n) is 2.33. The Balaban J connectivity index is 2.33. The Bertz CT molecular complexity index is 776. The molecular formula is C15H11BrCl2N2. The van der Waals surface area contributed by atoms with Crippen molar-refractivity contribution in [3.05, 3.63) is 57.3 Å². The summed E-state index contributed by atoms with van der Waals surface area (Å²) >= 11 is 15.6. The van der Waals surface area contributed by atoms with Gasteiger partial charge < -0.3 is 0 Å². The summed E-state index contributed by atoms with van der Waals surface area (Å²) in [6.07, 6.45) is 0. The maximum absolute atomic E-state index is 6.04. The quantitative estimate of drug-likeness (QED) is 0.546. The van der Waals surface area contributed by atoms with Crippen molar-refractivity contribution >= 4 is 50.2 Å². The third-order valence-corrected chi connectivity index (χ3v) is 4.02. The smallest absolute Gasteiger partial charge is 0.129 e. The number of aryl methyl sites for hydroxylation is 1. The predicted octanol–water partition coefficient (Wildman–Crippen LogP) is 5.49. The minimum absolute atomic E-state index is 0.345. The van der Waals surface area contributed by atoms with E-state index in [0.29, 0.717) is 10.9 Å². The number of halogens is 3. The number of hydrogen-bond acceptors (Lipinski definition) is 1.